The Bertz CT molecular complexity index is 1470. The van der Waals surface area contributed by atoms with E-state index in [1.807, 2.05) is 85.8 Å². The summed E-state index contributed by atoms with van der Waals surface area (Å²) in [6, 6.07) is 24.7. The molecular weight excluding hydrogens is 530 g/mol. The van der Waals surface area contributed by atoms with Crippen LogP contribution in [-0.2, 0) is 25.7 Å². The van der Waals surface area contributed by atoms with Crippen molar-refractivity contribution in [1.82, 2.24) is 5.01 Å². The van der Waals surface area contributed by atoms with Crippen molar-refractivity contribution in [3.8, 4) is 0 Å². The van der Waals surface area contributed by atoms with Crippen LogP contribution in [0.2, 0.25) is 0 Å². The number of hydrazone groups is 1. The third-order valence-electron chi connectivity index (χ3n) is 7.88. The van der Waals surface area contributed by atoms with Crippen molar-refractivity contribution < 1.29 is 24.2 Å². The Labute approximate surface area is 245 Å². The Morgan fingerprint density at radius 3 is 2.36 bits per heavy atom. The molecule has 1 unspecified atom stereocenters. The molecule has 2 N–H and O–H groups in total. The molecule has 5 rings (SSSR count). The number of amides is 2. The number of carboxylic acids is 1. The Morgan fingerprint density at radius 1 is 1.02 bits per heavy atom. The van der Waals surface area contributed by atoms with Crippen LogP contribution < -0.4 is 5.32 Å². The maximum atomic E-state index is 13.7. The zero-order chi connectivity index (χ0) is 29.5. The molecule has 1 aliphatic carbocycles. The van der Waals surface area contributed by atoms with Crippen LogP contribution in [0.15, 0.2) is 90.0 Å². The molecule has 2 aliphatic rings. The molecule has 1 heterocycles. The lowest BCUT2D eigenvalue weighted by Gasteiger charge is -2.25. The van der Waals surface area contributed by atoms with Crippen LogP contribution in [0.25, 0.3) is 5.57 Å². The van der Waals surface area contributed by atoms with Crippen molar-refractivity contribution in [2.45, 2.75) is 51.5 Å². The fourth-order valence-corrected chi connectivity index (χ4v) is 5.70. The van der Waals surface area contributed by atoms with Crippen molar-refractivity contribution >= 4 is 34.9 Å². The highest BCUT2D eigenvalue weighted by Gasteiger charge is 2.32. The molecule has 8 heteroatoms. The zero-order valence-corrected chi connectivity index (χ0v) is 23.7. The van der Waals surface area contributed by atoms with Gasteiger partial charge in [0.25, 0.3) is 5.91 Å². The predicted molar refractivity (Wildman–Crippen MR) is 162 cm³/mol. The van der Waals surface area contributed by atoms with Crippen LogP contribution in [0.1, 0.15) is 67.2 Å². The number of aliphatic carboxylic acids is 1. The molecule has 0 bridgehead atoms. The third-order valence-corrected chi connectivity index (χ3v) is 7.88. The van der Waals surface area contributed by atoms with E-state index in [1.54, 1.807) is 0 Å². The first-order chi connectivity index (χ1) is 20.4. The van der Waals surface area contributed by atoms with E-state index in [4.69, 9.17) is 9.84 Å². The number of carbonyl (C=O) groups is 3. The number of nitrogens with zero attached hydrogens (tertiary/aromatic N) is 2. The summed E-state index contributed by atoms with van der Waals surface area (Å²) in [6.45, 7) is 2.16. The number of rotatable bonds is 10. The first kappa shape index (κ1) is 28.8. The van der Waals surface area contributed by atoms with Crippen LogP contribution in [-0.4, -0.2) is 40.4 Å². The summed E-state index contributed by atoms with van der Waals surface area (Å²) < 4.78 is 5.55. The molecule has 2 amide bonds. The average molecular weight is 566 g/mol. The number of hydrogen-bond donors (Lipinski definition) is 2. The van der Waals surface area contributed by atoms with Crippen LogP contribution in [0.3, 0.4) is 0 Å². The van der Waals surface area contributed by atoms with Crippen molar-refractivity contribution in [2.75, 3.05) is 11.9 Å². The molecule has 0 aromatic heterocycles. The lowest BCUT2D eigenvalue weighted by atomic mass is 9.83. The molecular formula is C34H35N3O5. The summed E-state index contributed by atoms with van der Waals surface area (Å²) in [5.74, 6) is -0.874. The fraction of sp³-hybridized carbons (Fsp3) is 0.294. The molecule has 0 spiro atoms. The van der Waals surface area contributed by atoms with Crippen molar-refractivity contribution in [3.63, 3.8) is 0 Å². The van der Waals surface area contributed by atoms with E-state index < -0.39 is 5.97 Å². The lowest BCUT2D eigenvalue weighted by Crippen LogP contribution is -2.36. The van der Waals surface area contributed by atoms with Crippen LogP contribution >= 0.6 is 0 Å². The Balaban J connectivity index is 1.31. The summed E-state index contributed by atoms with van der Waals surface area (Å²) in [5.41, 5.74) is 4.89. The standard InChI is InChI=1S/C34H35N3O5/c1-2-24(20-31(39)40)25-16-18-29(19-17-25)35-33(41)32(26-8-6-7-9-26)27-14-12-23(13-15-27)21-37-30(38)22-42-34(36-37)28-10-4-3-5-11-28/h3-5,10-20,26,32H,2,6-9,21-22H2,1H3,(H,35,41)(H,39,40)/b24-20+. The number of benzene rings is 3. The maximum absolute atomic E-state index is 13.7. The minimum Gasteiger partial charge on any atom is -0.478 e. The van der Waals surface area contributed by atoms with Gasteiger partial charge in [0.15, 0.2) is 6.61 Å². The molecule has 1 fully saturated rings. The van der Waals surface area contributed by atoms with Gasteiger partial charge in [-0.2, -0.15) is 0 Å². The number of hydrogen-bond acceptors (Lipinski definition) is 5. The number of nitrogens with one attached hydrogen (secondary N) is 1. The molecule has 42 heavy (non-hydrogen) atoms. The van der Waals surface area contributed by atoms with Gasteiger partial charge in [-0.05, 0) is 71.7 Å². The minimum absolute atomic E-state index is 0.0559. The summed E-state index contributed by atoms with van der Waals surface area (Å²) in [6.07, 6.45) is 6.03. The van der Waals surface area contributed by atoms with Gasteiger partial charge < -0.3 is 15.2 Å². The minimum atomic E-state index is -0.976. The van der Waals surface area contributed by atoms with Gasteiger partial charge in [-0.25, -0.2) is 9.80 Å². The van der Waals surface area contributed by atoms with Gasteiger partial charge in [-0.1, -0.05) is 74.4 Å². The van der Waals surface area contributed by atoms with Gasteiger partial charge in [-0.15, -0.1) is 5.10 Å². The van der Waals surface area contributed by atoms with E-state index in [2.05, 4.69) is 10.4 Å². The zero-order valence-electron chi connectivity index (χ0n) is 23.7. The van der Waals surface area contributed by atoms with Crippen LogP contribution in [0, 0.1) is 5.92 Å². The summed E-state index contributed by atoms with van der Waals surface area (Å²) >= 11 is 0. The molecule has 3 aromatic rings. The monoisotopic (exact) mass is 565 g/mol. The van der Waals surface area contributed by atoms with E-state index in [1.165, 1.54) is 11.1 Å². The van der Waals surface area contributed by atoms with Crippen molar-refractivity contribution in [2.24, 2.45) is 11.0 Å². The van der Waals surface area contributed by atoms with Gasteiger partial charge in [-0.3, -0.25) is 9.59 Å². The molecule has 1 aliphatic heterocycles. The topological polar surface area (TPSA) is 108 Å². The van der Waals surface area contributed by atoms with E-state index in [9.17, 15) is 14.4 Å². The molecule has 1 atom stereocenters. The normalized spacial score (nSPS) is 16.5. The maximum Gasteiger partial charge on any atom is 0.328 e. The van der Waals surface area contributed by atoms with Gasteiger partial charge in [0.1, 0.15) is 0 Å². The van der Waals surface area contributed by atoms with Gasteiger partial charge >= 0.3 is 5.97 Å². The number of ether oxygens (including phenoxy) is 1. The van der Waals surface area contributed by atoms with Gasteiger partial charge in [0.2, 0.25) is 11.8 Å². The number of anilines is 1. The predicted octanol–water partition coefficient (Wildman–Crippen LogP) is 6.20. The first-order valence-electron chi connectivity index (χ1n) is 14.4. The second-order valence-corrected chi connectivity index (χ2v) is 10.7. The highest BCUT2D eigenvalue weighted by molar-refractivity contribution is 5.98. The Hall–Kier alpha value is -4.72. The molecule has 0 saturated heterocycles. The molecule has 8 nitrogen and oxygen atoms in total. The molecule has 3 aromatic carbocycles. The Kier molecular flexibility index (Phi) is 9.12. The summed E-state index contributed by atoms with van der Waals surface area (Å²) in [5, 5.41) is 18.1. The first-order valence-corrected chi connectivity index (χ1v) is 14.4. The third kappa shape index (κ3) is 6.94. The van der Waals surface area contributed by atoms with Gasteiger partial charge in [0.05, 0.1) is 12.5 Å². The van der Waals surface area contributed by atoms with Crippen LogP contribution in [0.5, 0.6) is 0 Å². The highest BCUT2D eigenvalue weighted by Crippen LogP contribution is 2.38. The molecule has 1 saturated carbocycles. The molecule has 0 radical (unpaired) electrons. The van der Waals surface area contributed by atoms with Crippen LogP contribution in [0.4, 0.5) is 5.69 Å². The van der Waals surface area contributed by atoms with E-state index in [-0.39, 0.29) is 30.3 Å². The average Bonchev–Trinajstić information content (AvgIpc) is 3.53. The van der Waals surface area contributed by atoms with Gasteiger partial charge in [0, 0.05) is 17.3 Å². The van der Waals surface area contributed by atoms with E-state index in [0.29, 0.717) is 24.6 Å². The van der Waals surface area contributed by atoms with Crippen molar-refractivity contribution in [1.29, 1.82) is 0 Å². The summed E-state index contributed by atoms with van der Waals surface area (Å²) in [7, 11) is 0. The smallest absolute Gasteiger partial charge is 0.328 e. The highest BCUT2D eigenvalue weighted by atomic mass is 16.5. The largest absolute Gasteiger partial charge is 0.478 e. The summed E-state index contributed by atoms with van der Waals surface area (Å²) in [4.78, 5) is 37.3. The fourth-order valence-electron chi connectivity index (χ4n) is 5.70. The van der Waals surface area contributed by atoms with E-state index in [0.717, 1.165) is 53.5 Å². The van der Waals surface area contributed by atoms with Crippen molar-refractivity contribution in [3.05, 3.63) is 107 Å². The SMILES string of the molecule is CC/C(=C\C(=O)O)c1ccc(NC(=O)C(c2ccc(CN3N=C(c4ccccc4)OCC3=O)cc2)C2CCCC2)cc1. The second kappa shape index (κ2) is 13.3. The lowest BCUT2D eigenvalue weighted by molar-refractivity contribution is -0.136. The Morgan fingerprint density at radius 2 is 1.71 bits per heavy atom. The van der Waals surface area contributed by atoms with E-state index >= 15 is 0 Å². The number of carbonyl (C=O) groups excluding carboxylic acids is 2. The molecule has 216 valence electrons. The number of allylic oxidation sites excluding steroid dienone is 1. The quantitative estimate of drug-likeness (QED) is 0.285. The number of carboxylic acid groups (broad SMARTS) is 1. The second-order valence-electron chi connectivity index (χ2n) is 10.7.